The standard InChI is InChI=1S/C13H12F3N3O3/c1-21-7-6-17-10(20)8-2-4-9(5-3-8)11-18-19-12(22-11)13(14,15)16/h2-5H,6-7H2,1H3,(H,17,20). The predicted molar refractivity (Wildman–Crippen MR) is 68.9 cm³/mol. The molecule has 1 N–H and O–H groups in total. The number of amides is 1. The van der Waals surface area contributed by atoms with Gasteiger partial charge in [0.15, 0.2) is 0 Å². The van der Waals surface area contributed by atoms with Gasteiger partial charge in [-0.2, -0.15) is 13.2 Å². The van der Waals surface area contributed by atoms with Gasteiger partial charge < -0.3 is 14.5 Å². The van der Waals surface area contributed by atoms with Crippen molar-refractivity contribution in [3.63, 3.8) is 0 Å². The van der Waals surface area contributed by atoms with Crippen LogP contribution in [0.3, 0.4) is 0 Å². The Morgan fingerprint density at radius 1 is 1.27 bits per heavy atom. The lowest BCUT2D eigenvalue weighted by molar-refractivity contribution is -0.156. The number of carbonyl (C=O) groups is 1. The van der Waals surface area contributed by atoms with Gasteiger partial charge in [0.05, 0.1) is 6.61 Å². The smallest absolute Gasteiger partial charge is 0.413 e. The van der Waals surface area contributed by atoms with Crippen LogP contribution in [0.4, 0.5) is 13.2 Å². The first kappa shape index (κ1) is 16.0. The summed E-state index contributed by atoms with van der Waals surface area (Å²) in [6.45, 7) is 0.738. The Morgan fingerprint density at radius 2 is 1.95 bits per heavy atom. The lowest BCUT2D eigenvalue weighted by atomic mass is 10.1. The third-order valence-electron chi connectivity index (χ3n) is 2.65. The van der Waals surface area contributed by atoms with Crippen molar-refractivity contribution in [2.45, 2.75) is 6.18 Å². The number of aromatic nitrogens is 2. The van der Waals surface area contributed by atoms with E-state index in [9.17, 15) is 18.0 Å². The van der Waals surface area contributed by atoms with E-state index in [4.69, 9.17) is 4.74 Å². The van der Waals surface area contributed by atoms with Crippen molar-refractivity contribution >= 4 is 5.91 Å². The summed E-state index contributed by atoms with van der Waals surface area (Å²) in [6.07, 6.45) is -4.69. The van der Waals surface area contributed by atoms with Gasteiger partial charge in [-0.05, 0) is 24.3 Å². The fraction of sp³-hybridized carbons (Fsp3) is 0.308. The maximum atomic E-state index is 12.4. The Hall–Kier alpha value is -2.42. The zero-order valence-corrected chi connectivity index (χ0v) is 11.5. The first-order valence-corrected chi connectivity index (χ1v) is 6.20. The van der Waals surface area contributed by atoms with Crippen molar-refractivity contribution in [1.82, 2.24) is 15.5 Å². The Labute approximate surface area is 123 Å². The maximum absolute atomic E-state index is 12.4. The second-order valence-electron chi connectivity index (χ2n) is 4.24. The molecule has 22 heavy (non-hydrogen) atoms. The number of benzene rings is 1. The third kappa shape index (κ3) is 3.82. The highest BCUT2D eigenvalue weighted by molar-refractivity contribution is 5.94. The number of halogens is 3. The number of hydrogen-bond donors (Lipinski definition) is 1. The molecular weight excluding hydrogens is 303 g/mol. The molecule has 1 aromatic heterocycles. The topological polar surface area (TPSA) is 77.2 Å². The number of methoxy groups -OCH3 is 1. The minimum Gasteiger partial charge on any atom is -0.413 e. The summed E-state index contributed by atoms with van der Waals surface area (Å²) >= 11 is 0. The summed E-state index contributed by atoms with van der Waals surface area (Å²) in [5, 5.41) is 8.89. The Morgan fingerprint density at radius 3 is 2.50 bits per heavy atom. The van der Waals surface area contributed by atoms with Crippen LogP contribution in [-0.2, 0) is 10.9 Å². The van der Waals surface area contributed by atoms with Crippen molar-refractivity contribution in [1.29, 1.82) is 0 Å². The molecule has 118 valence electrons. The molecule has 6 nitrogen and oxygen atoms in total. The number of hydrogen-bond acceptors (Lipinski definition) is 5. The summed E-state index contributed by atoms with van der Waals surface area (Å²) in [5.74, 6) is -1.99. The molecule has 1 amide bonds. The van der Waals surface area contributed by atoms with Gasteiger partial charge in [0.25, 0.3) is 5.91 Å². The summed E-state index contributed by atoms with van der Waals surface area (Å²) < 4.78 is 46.5. The molecule has 0 unspecified atom stereocenters. The first-order chi connectivity index (χ1) is 10.4. The van der Waals surface area contributed by atoms with Crippen LogP contribution in [0.2, 0.25) is 0 Å². The summed E-state index contributed by atoms with van der Waals surface area (Å²) in [7, 11) is 1.51. The lowest BCUT2D eigenvalue weighted by Gasteiger charge is -2.04. The Balaban J connectivity index is 2.08. The van der Waals surface area contributed by atoms with E-state index in [-0.39, 0.29) is 17.4 Å². The van der Waals surface area contributed by atoms with E-state index in [1.165, 1.54) is 31.4 Å². The van der Waals surface area contributed by atoms with Crippen molar-refractivity contribution in [3.8, 4) is 11.5 Å². The lowest BCUT2D eigenvalue weighted by Crippen LogP contribution is -2.26. The molecule has 2 aromatic rings. The predicted octanol–water partition coefficient (Wildman–Crippen LogP) is 2.13. The fourth-order valence-electron chi connectivity index (χ4n) is 1.59. The highest BCUT2D eigenvalue weighted by Crippen LogP contribution is 2.30. The van der Waals surface area contributed by atoms with Gasteiger partial charge in [-0.15, -0.1) is 10.2 Å². The number of nitrogens with zero attached hydrogens (tertiary/aromatic N) is 2. The highest BCUT2D eigenvalue weighted by Gasteiger charge is 2.38. The monoisotopic (exact) mass is 315 g/mol. The number of rotatable bonds is 5. The minimum atomic E-state index is -4.69. The molecule has 0 bridgehead atoms. The van der Waals surface area contributed by atoms with Gasteiger partial charge in [-0.25, -0.2) is 0 Å². The SMILES string of the molecule is COCCNC(=O)c1ccc(-c2nnc(C(F)(F)F)o2)cc1. The molecule has 2 rings (SSSR count). The van der Waals surface area contributed by atoms with Crippen LogP contribution < -0.4 is 5.32 Å². The average Bonchev–Trinajstić information content (AvgIpc) is 2.97. The number of ether oxygens (including phenoxy) is 1. The molecule has 0 aliphatic heterocycles. The van der Waals surface area contributed by atoms with Gasteiger partial charge in [0.1, 0.15) is 0 Å². The molecule has 0 fully saturated rings. The fourth-order valence-corrected chi connectivity index (χ4v) is 1.59. The van der Waals surface area contributed by atoms with Gasteiger partial charge in [-0.1, -0.05) is 0 Å². The molecule has 1 aromatic carbocycles. The molecule has 0 saturated heterocycles. The average molecular weight is 315 g/mol. The zero-order chi connectivity index (χ0) is 16.2. The quantitative estimate of drug-likeness (QED) is 0.855. The molecule has 0 saturated carbocycles. The van der Waals surface area contributed by atoms with Crippen molar-refractivity contribution in [2.75, 3.05) is 20.3 Å². The molecule has 0 atom stereocenters. The van der Waals surface area contributed by atoms with E-state index in [0.29, 0.717) is 18.7 Å². The van der Waals surface area contributed by atoms with Gasteiger partial charge in [-0.3, -0.25) is 4.79 Å². The molecule has 0 radical (unpaired) electrons. The summed E-state index contributed by atoms with van der Waals surface area (Å²) in [4.78, 5) is 11.7. The minimum absolute atomic E-state index is 0.265. The van der Waals surface area contributed by atoms with Crippen LogP contribution in [0.25, 0.3) is 11.5 Å². The van der Waals surface area contributed by atoms with E-state index in [2.05, 4.69) is 19.9 Å². The van der Waals surface area contributed by atoms with Crippen LogP contribution in [0, 0.1) is 0 Å². The molecule has 0 aliphatic carbocycles. The number of nitrogens with one attached hydrogen (secondary N) is 1. The number of alkyl halides is 3. The van der Waals surface area contributed by atoms with Crippen molar-refractivity contribution in [2.24, 2.45) is 0 Å². The molecule has 0 spiro atoms. The summed E-state index contributed by atoms with van der Waals surface area (Å²) in [6, 6.07) is 5.77. The highest BCUT2D eigenvalue weighted by atomic mass is 19.4. The van der Waals surface area contributed by atoms with Crippen molar-refractivity contribution in [3.05, 3.63) is 35.7 Å². The van der Waals surface area contributed by atoms with E-state index < -0.39 is 12.1 Å². The normalized spacial score (nSPS) is 11.5. The second-order valence-corrected chi connectivity index (χ2v) is 4.24. The van der Waals surface area contributed by atoms with Crippen LogP contribution >= 0.6 is 0 Å². The Bertz CT molecular complexity index is 638. The zero-order valence-electron chi connectivity index (χ0n) is 11.5. The van der Waals surface area contributed by atoms with Crippen LogP contribution in [-0.4, -0.2) is 36.4 Å². The van der Waals surface area contributed by atoms with E-state index in [1.807, 2.05) is 0 Å². The van der Waals surface area contributed by atoms with E-state index in [1.54, 1.807) is 0 Å². The molecule has 9 heteroatoms. The molecular formula is C13H12F3N3O3. The van der Waals surface area contributed by atoms with E-state index >= 15 is 0 Å². The first-order valence-electron chi connectivity index (χ1n) is 6.20. The van der Waals surface area contributed by atoms with Crippen LogP contribution in [0.1, 0.15) is 16.2 Å². The van der Waals surface area contributed by atoms with Crippen LogP contribution in [0.15, 0.2) is 28.7 Å². The number of carbonyl (C=O) groups excluding carboxylic acids is 1. The Kier molecular flexibility index (Phi) is 4.76. The van der Waals surface area contributed by atoms with E-state index in [0.717, 1.165) is 0 Å². The summed E-state index contributed by atoms with van der Waals surface area (Å²) in [5.41, 5.74) is 0.645. The third-order valence-corrected chi connectivity index (χ3v) is 2.65. The van der Waals surface area contributed by atoms with Gasteiger partial charge >= 0.3 is 12.1 Å². The molecule has 0 aliphatic rings. The largest absolute Gasteiger partial charge is 0.470 e. The second kappa shape index (κ2) is 6.56. The molecule has 1 heterocycles. The van der Waals surface area contributed by atoms with Crippen molar-refractivity contribution < 1.29 is 27.1 Å². The maximum Gasteiger partial charge on any atom is 0.470 e. The van der Waals surface area contributed by atoms with Gasteiger partial charge in [0.2, 0.25) is 5.89 Å². The van der Waals surface area contributed by atoms with Gasteiger partial charge in [0, 0.05) is 24.8 Å². The van der Waals surface area contributed by atoms with Crippen LogP contribution in [0.5, 0.6) is 0 Å².